The van der Waals surface area contributed by atoms with Gasteiger partial charge in [-0.15, -0.1) is 0 Å². The lowest BCUT2D eigenvalue weighted by Crippen LogP contribution is -2.20. The van der Waals surface area contributed by atoms with E-state index >= 15 is 0 Å². The molecule has 3 aromatic rings. The van der Waals surface area contributed by atoms with Crippen molar-refractivity contribution in [1.82, 2.24) is 5.16 Å². The van der Waals surface area contributed by atoms with Crippen LogP contribution in [0.5, 0.6) is 0 Å². The average Bonchev–Trinajstić information content (AvgIpc) is 3.47. The third-order valence-electron chi connectivity index (χ3n) is 5.77. The number of aldehydes is 1. The first-order chi connectivity index (χ1) is 14.0. The topological polar surface area (TPSA) is 70.1 Å². The standard InChI is InChI=1S/C24H23N3O2/c1-16-4-5-19(23-17(2)26-29-18(23)3)14-22(16)27(12-13-28)21-8-6-20(7-9-21)24(15-25)10-11-24/h4-9,13-14H,10-12H2,1-3H3. The molecule has 1 aliphatic rings. The van der Waals surface area contributed by atoms with E-state index in [1.54, 1.807) is 0 Å². The maximum Gasteiger partial charge on any atom is 0.141 e. The van der Waals surface area contributed by atoms with Crippen LogP contribution in [0, 0.1) is 32.1 Å². The summed E-state index contributed by atoms with van der Waals surface area (Å²) in [5.74, 6) is 0.773. The van der Waals surface area contributed by atoms with Crippen LogP contribution < -0.4 is 4.90 Å². The van der Waals surface area contributed by atoms with Crippen LogP contribution in [0.4, 0.5) is 11.4 Å². The molecule has 0 amide bonds. The monoisotopic (exact) mass is 385 g/mol. The summed E-state index contributed by atoms with van der Waals surface area (Å²) in [5.41, 5.74) is 6.53. The minimum absolute atomic E-state index is 0.245. The molecular weight excluding hydrogens is 362 g/mol. The molecular formula is C24H23N3O2. The van der Waals surface area contributed by atoms with Gasteiger partial charge in [0.25, 0.3) is 0 Å². The number of hydrogen-bond acceptors (Lipinski definition) is 5. The van der Waals surface area contributed by atoms with Gasteiger partial charge in [0, 0.05) is 16.9 Å². The van der Waals surface area contributed by atoms with Crippen LogP contribution in [0.2, 0.25) is 0 Å². The van der Waals surface area contributed by atoms with Crippen LogP contribution in [-0.4, -0.2) is 18.0 Å². The summed E-state index contributed by atoms with van der Waals surface area (Å²) in [5, 5.41) is 13.5. The van der Waals surface area contributed by atoms with Gasteiger partial charge in [0.05, 0.1) is 23.7 Å². The molecule has 5 heteroatoms. The maximum atomic E-state index is 11.5. The number of nitriles is 1. The highest BCUT2D eigenvalue weighted by atomic mass is 16.5. The second kappa shape index (κ2) is 7.21. The van der Waals surface area contributed by atoms with Crippen molar-refractivity contribution in [3.8, 4) is 17.2 Å². The second-order valence-electron chi connectivity index (χ2n) is 7.72. The van der Waals surface area contributed by atoms with E-state index in [0.29, 0.717) is 0 Å². The molecule has 146 valence electrons. The van der Waals surface area contributed by atoms with Crippen molar-refractivity contribution in [3.05, 3.63) is 65.0 Å². The predicted octanol–water partition coefficient (Wildman–Crippen LogP) is 5.16. The predicted molar refractivity (Wildman–Crippen MR) is 112 cm³/mol. The Kier molecular flexibility index (Phi) is 4.71. The molecule has 0 saturated heterocycles. The van der Waals surface area contributed by atoms with Gasteiger partial charge in [-0.2, -0.15) is 5.26 Å². The summed E-state index contributed by atoms with van der Waals surface area (Å²) in [6.45, 7) is 6.11. The van der Waals surface area contributed by atoms with Crippen molar-refractivity contribution in [3.63, 3.8) is 0 Å². The molecule has 0 bridgehead atoms. The van der Waals surface area contributed by atoms with Gasteiger partial charge in [0.2, 0.25) is 0 Å². The van der Waals surface area contributed by atoms with Crippen LogP contribution in [0.25, 0.3) is 11.1 Å². The lowest BCUT2D eigenvalue weighted by molar-refractivity contribution is -0.106. The third-order valence-corrected chi connectivity index (χ3v) is 5.77. The zero-order valence-electron chi connectivity index (χ0n) is 16.9. The Labute approximate surface area is 170 Å². The van der Waals surface area contributed by atoms with Gasteiger partial charge in [-0.1, -0.05) is 29.4 Å². The number of aromatic nitrogens is 1. The molecule has 1 aromatic heterocycles. The number of rotatable bonds is 6. The van der Waals surface area contributed by atoms with Crippen molar-refractivity contribution in [2.45, 2.75) is 39.0 Å². The van der Waals surface area contributed by atoms with E-state index in [4.69, 9.17) is 4.52 Å². The number of anilines is 2. The Morgan fingerprint density at radius 1 is 1.17 bits per heavy atom. The molecule has 0 aliphatic heterocycles. The molecule has 29 heavy (non-hydrogen) atoms. The Bertz CT molecular complexity index is 1080. The molecule has 2 aromatic carbocycles. The van der Waals surface area contributed by atoms with Gasteiger partial charge in [-0.3, -0.25) is 0 Å². The van der Waals surface area contributed by atoms with E-state index in [9.17, 15) is 10.1 Å². The SMILES string of the molecule is Cc1ccc(-c2c(C)noc2C)cc1N(CC=O)c1ccc(C2(C#N)CC2)cc1. The Morgan fingerprint density at radius 3 is 2.45 bits per heavy atom. The molecule has 0 N–H and O–H groups in total. The Balaban J connectivity index is 1.75. The van der Waals surface area contributed by atoms with E-state index in [-0.39, 0.29) is 12.0 Å². The molecule has 1 fully saturated rings. The minimum Gasteiger partial charge on any atom is -0.361 e. The van der Waals surface area contributed by atoms with E-state index in [1.807, 2.05) is 49.9 Å². The summed E-state index contributed by atoms with van der Waals surface area (Å²) in [7, 11) is 0. The molecule has 1 heterocycles. The van der Waals surface area contributed by atoms with E-state index in [2.05, 4.69) is 29.4 Å². The number of carbonyl (C=O) groups is 1. The van der Waals surface area contributed by atoms with Gasteiger partial charge in [0.15, 0.2) is 0 Å². The lowest BCUT2D eigenvalue weighted by Gasteiger charge is -2.25. The van der Waals surface area contributed by atoms with Crippen LogP contribution in [0.1, 0.15) is 35.4 Å². The highest BCUT2D eigenvalue weighted by Gasteiger charge is 2.44. The quantitative estimate of drug-likeness (QED) is 0.548. The first-order valence-corrected chi connectivity index (χ1v) is 9.76. The summed E-state index contributed by atoms with van der Waals surface area (Å²) in [6, 6.07) is 16.6. The maximum absolute atomic E-state index is 11.5. The summed E-state index contributed by atoms with van der Waals surface area (Å²) in [4.78, 5) is 13.5. The first kappa shape index (κ1) is 18.9. The van der Waals surface area contributed by atoms with Crippen LogP contribution in [0.3, 0.4) is 0 Å². The van der Waals surface area contributed by atoms with Crippen LogP contribution in [0.15, 0.2) is 47.0 Å². The molecule has 0 unspecified atom stereocenters. The van der Waals surface area contributed by atoms with Crippen LogP contribution in [-0.2, 0) is 10.2 Å². The lowest BCUT2D eigenvalue weighted by atomic mass is 9.97. The van der Waals surface area contributed by atoms with Gasteiger partial charge in [-0.25, -0.2) is 0 Å². The molecule has 5 nitrogen and oxygen atoms in total. The fourth-order valence-electron chi connectivity index (χ4n) is 3.92. The van der Waals surface area contributed by atoms with Gasteiger partial charge in [-0.05, 0) is 68.5 Å². The van der Waals surface area contributed by atoms with Crippen molar-refractivity contribution in [1.29, 1.82) is 5.26 Å². The highest BCUT2D eigenvalue weighted by Crippen LogP contribution is 2.48. The van der Waals surface area contributed by atoms with Crippen molar-refractivity contribution >= 4 is 17.7 Å². The molecule has 0 radical (unpaired) electrons. The van der Waals surface area contributed by atoms with Crippen molar-refractivity contribution in [2.75, 3.05) is 11.4 Å². The fourth-order valence-corrected chi connectivity index (χ4v) is 3.92. The van der Waals surface area contributed by atoms with Crippen molar-refractivity contribution in [2.24, 2.45) is 0 Å². The molecule has 4 rings (SSSR count). The van der Waals surface area contributed by atoms with E-state index < -0.39 is 0 Å². The Hall–Kier alpha value is -3.39. The number of benzene rings is 2. The summed E-state index contributed by atoms with van der Waals surface area (Å²) in [6.07, 6.45) is 2.74. The largest absolute Gasteiger partial charge is 0.361 e. The fraction of sp³-hybridized carbons (Fsp3) is 0.292. The number of nitrogens with zero attached hydrogens (tertiary/aromatic N) is 3. The highest BCUT2D eigenvalue weighted by molar-refractivity contribution is 5.79. The minimum atomic E-state index is -0.312. The zero-order chi connectivity index (χ0) is 20.6. The summed E-state index contributed by atoms with van der Waals surface area (Å²) < 4.78 is 5.33. The average molecular weight is 385 g/mol. The number of carbonyl (C=O) groups excluding carboxylic acids is 1. The van der Waals surface area contributed by atoms with Gasteiger partial charge < -0.3 is 14.2 Å². The van der Waals surface area contributed by atoms with Crippen LogP contribution >= 0.6 is 0 Å². The zero-order valence-corrected chi connectivity index (χ0v) is 16.9. The van der Waals surface area contributed by atoms with E-state index in [0.717, 1.165) is 64.2 Å². The van der Waals surface area contributed by atoms with E-state index in [1.165, 1.54) is 0 Å². The molecule has 0 spiro atoms. The molecule has 0 atom stereocenters. The van der Waals surface area contributed by atoms with Gasteiger partial charge in [0.1, 0.15) is 12.0 Å². The van der Waals surface area contributed by atoms with Crippen molar-refractivity contribution < 1.29 is 9.32 Å². The third kappa shape index (κ3) is 3.31. The number of hydrogen-bond donors (Lipinski definition) is 0. The molecule has 1 aliphatic carbocycles. The Morgan fingerprint density at radius 2 is 1.90 bits per heavy atom. The second-order valence-corrected chi connectivity index (χ2v) is 7.72. The molecule has 1 saturated carbocycles. The number of aryl methyl sites for hydroxylation is 3. The first-order valence-electron chi connectivity index (χ1n) is 9.76. The van der Waals surface area contributed by atoms with Gasteiger partial charge >= 0.3 is 0 Å². The smallest absolute Gasteiger partial charge is 0.141 e. The normalized spacial score (nSPS) is 14.3. The summed E-state index contributed by atoms with van der Waals surface area (Å²) >= 11 is 0.